The van der Waals surface area contributed by atoms with E-state index in [-0.39, 0.29) is 12.5 Å². The van der Waals surface area contributed by atoms with Gasteiger partial charge in [0.05, 0.1) is 30.9 Å². The fourth-order valence-corrected chi connectivity index (χ4v) is 2.23. The number of rotatable bonds is 4. The Balaban J connectivity index is 1.94. The highest BCUT2D eigenvalue weighted by Gasteiger charge is 2.22. The summed E-state index contributed by atoms with van der Waals surface area (Å²) in [7, 11) is 0. The number of ether oxygens (including phenoxy) is 1. The molecule has 1 unspecified atom stereocenters. The van der Waals surface area contributed by atoms with Crippen LogP contribution in [0.5, 0.6) is 0 Å². The minimum Gasteiger partial charge on any atom is -0.378 e. The van der Waals surface area contributed by atoms with Gasteiger partial charge in [-0.2, -0.15) is 5.26 Å². The fourth-order valence-electron chi connectivity index (χ4n) is 2.23. The molecule has 0 bridgehead atoms. The van der Waals surface area contributed by atoms with Crippen LogP contribution in [0.4, 0.5) is 4.39 Å². The van der Waals surface area contributed by atoms with E-state index in [0.717, 1.165) is 0 Å². The van der Waals surface area contributed by atoms with E-state index in [4.69, 9.17) is 10.00 Å². The van der Waals surface area contributed by atoms with Gasteiger partial charge in [-0.1, -0.05) is 0 Å². The maximum atomic E-state index is 13.2. The van der Waals surface area contributed by atoms with Gasteiger partial charge in [0, 0.05) is 19.6 Å². The topological polar surface area (TPSA) is 65.4 Å². The van der Waals surface area contributed by atoms with E-state index in [1.54, 1.807) is 11.8 Å². The van der Waals surface area contributed by atoms with Gasteiger partial charge in [-0.15, -0.1) is 0 Å². The molecule has 1 atom stereocenters. The number of nitrogens with one attached hydrogen (secondary N) is 1. The highest BCUT2D eigenvalue weighted by Crippen LogP contribution is 2.11. The number of carbonyl (C=O) groups excluding carboxylic acids is 1. The molecule has 1 aromatic rings. The Morgan fingerprint density at radius 1 is 1.52 bits per heavy atom. The van der Waals surface area contributed by atoms with Crippen LogP contribution in [0.3, 0.4) is 0 Å². The molecule has 0 saturated carbocycles. The van der Waals surface area contributed by atoms with Crippen molar-refractivity contribution in [3.63, 3.8) is 0 Å². The number of carbonyl (C=O) groups is 1. The van der Waals surface area contributed by atoms with Crippen LogP contribution in [0.15, 0.2) is 18.2 Å². The van der Waals surface area contributed by atoms with Gasteiger partial charge >= 0.3 is 0 Å². The molecule has 0 radical (unpaired) electrons. The van der Waals surface area contributed by atoms with Crippen LogP contribution in [0.25, 0.3) is 0 Å². The number of amides is 1. The minimum absolute atomic E-state index is 0.00629. The van der Waals surface area contributed by atoms with Crippen LogP contribution in [0, 0.1) is 17.1 Å². The van der Waals surface area contributed by atoms with Crippen LogP contribution in [0.1, 0.15) is 18.1 Å². The first kappa shape index (κ1) is 15.4. The number of hydrogen-bond acceptors (Lipinski definition) is 4. The summed E-state index contributed by atoms with van der Waals surface area (Å²) in [5, 5.41) is 12.0. The van der Waals surface area contributed by atoms with Crippen molar-refractivity contribution in [3.05, 3.63) is 35.1 Å². The van der Waals surface area contributed by atoms with Gasteiger partial charge in [-0.25, -0.2) is 4.39 Å². The molecule has 1 heterocycles. The Labute approximate surface area is 123 Å². The van der Waals surface area contributed by atoms with Gasteiger partial charge in [-0.05, 0) is 30.7 Å². The second-order valence-electron chi connectivity index (χ2n) is 4.95. The molecule has 1 aromatic carbocycles. The maximum absolute atomic E-state index is 13.2. The number of morpholine rings is 1. The summed E-state index contributed by atoms with van der Waals surface area (Å²) in [4.78, 5) is 14.0. The summed E-state index contributed by atoms with van der Waals surface area (Å²) in [6, 6.07) is 5.65. The molecular formula is C15H18FN3O2. The van der Waals surface area contributed by atoms with Gasteiger partial charge in [0.1, 0.15) is 5.82 Å². The minimum atomic E-state index is -0.391. The maximum Gasteiger partial charge on any atom is 0.239 e. The molecule has 21 heavy (non-hydrogen) atoms. The number of benzene rings is 1. The van der Waals surface area contributed by atoms with Crippen LogP contribution in [-0.2, 0) is 16.1 Å². The molecule has 1 saturated heterocycles. The summed E-state index contributed by atoms with van der Waals surface area (Å²) in [6.07, 6.45) is 0. The molecule has 6 heteroatoms. The molecule has 0 spiro atoms. The van der Waals surface area contributed by atoms with E-state index >= 15 is 0 Å². The van der Waals surface area contributed by atoms with Gasteiger partial charge in [0.25, 0.3) is 0 Å². The Morgan fingerprint density at radius 2 is 2.24 bits per heavy atom. The van der Waals surface area contributed by atoms with E-state index in [0.29, 0.717) is 37.4 Å². The van der Waals surface area contributed by atoms with Crippen molar-refractivity contribution in [2.24, 2.45) is 0 Å². The van der Waals surface area contributed by atoms with Crippen LogP contribution >= 0.6 is 0 Å². The zero-order valence-electron chi connectivity index (χ0n) is 11.9. The summed E-state index contributed by atoms with van der Waals surface area (Å²) in [6.45, 7) is 4.34. The van der Waals surface area contributed by atoms with E-state index in [1.165, 1.54) is 18.2 Å². The van der Waals surface area contributed by atoms with Gasteiger partial charge in [-0.3, -0.25) is 4.79 Å². The molecule has 112 valence electrons. The van der Waals surface area contributed by atoms with Crippen molar-refractivity contribution in [1.29, 1.82) is 5.26 Å². The highest BCUT2D eigenvalue weighted by atomic mass is 19.1. The number of hydrogen-bond donors (Lipinski definition) is 1. The molecule has 0 aromatic heterocycles. The summed E-state index contributed by atoms with van der Waals surface area (Å²) < 4.78 is 18.4. The monoisotopic (exact) mass is 291 g/mol. The van der Waals surface area contributed by atoms with Gasteiger partial charge < -0.3 is 15.0 Å². The molecule has 0 aliphatic carbocycles. The molecule has 1 amide bonds. The first-order valence-corrected chi connectivity index (χ1v) is 6.90. The lowest BCUT2D eigenvalue weighted by atomic mass is 10.1. The first-order valence-electron chi connectivity index (χ1n) is 6.90. The van der Waals surface area contributed by atoms with Gasteiger partial charge in [0.15, 0.2) is 0 Å². The van der Waals surface area contributed by atoms with Crippen LogP contribution < -0.4 is 5.32 Å². The predicted molar refractivity (Wildman–Crippen MR) is 74.8 cm³/mol. The third-order valence-corrected chi connectivity index (χ3v) is 3.48. The Bertz CT molecular complexity index is 550. The molecular weight excluding hydrogens is 273 g/mol. The zero-order valence-corrected chi connectivity index (χ0v) is 11.9. The first-order chi connectivity index (χ1) is 10.1. The lowest BCUT2D eigenvalue weighted by molar-refractivity contribution is -0.137. The number of nitriles is 1. The molecule has 1 fully saturated rings. The van der Waals surface area contributed by atoms with E-state index < -0.39 is 11.9 Å². The standard InChI is InChI=1S/C15H18FN3O2/c1-11(15(20)19-4-6-21-7-5-19)18-10-13-8-14(16)3-2-12(13)9-17/h2-3,8,11,18H,4-7,10H2,1H3. The van der Waals surface area contributed by atoms with E-state index in [1.807, 2.05) is 6.07 Å². The quantitative estimate of drug-likeness (QED) is 0.900. The van der Waals surface area contributed by atoms with Crippen molar-refractivity contribution in [2.45, 2.75) is 19.5 Å². The van der Waals surface area contributed by atoms with Crippen molar-refractivity contribution in [2.75, 3.05) is 26.3 Å². The molecule has 1 N–H and O–H groups in total. The smallest absolute Gasteiger partial charge is 0.239 e. The van der Waals surface area contributed by atoms with E-state index in [9.17, 15) is 9.18 Å². The van der Waals surface area contributed by atoms with Crippen LogP contribution in [-0.4, -0.2) is 43.2 Å². The summed E-state index contributed by atoms with van der Waals surface area (Å²) >= 11 is 0. The lowest BCUT2D eigenvalue weighted by Crippen LogP contribution is -2.49. The third-order valence-electron chi connectivity index (χ3n) is 3.48. The number of halogens is 1. The predicted octanol–water partition coefficient (Wildman–Crippen LogP) is 1.03. The second-order valence-corrected chi connectivity index (χ2v) is 4.95. The molecule has 1 aliphatic heterocycles. The van der Waals surface area contributed by atoms with E-state index in [2.05, 4.69) is 5.32 Å². The fraction of sp³-hybridized carbons (Fsp3) is 0.467. The average molecular weight is 291 g/mol. The average Bonchev–Trinajstić information content (AvgIpc) is 2.52. The molecule has 1 aliphatic rings. The Kier molecular flexibility index (Phi) is 5.26. The largest absolute Gasteiger partial charge is 0.378 e. The SMILES string of the molecule is CC(NCc1cc(F)ccc1C#N)C(=O)N1CCOCC1. The molecule has 2 rings (SSSR count). The third kappa shape index (κ3) is 4.00. The normalized spacial score (nSPS) is 16.3. The Hall–Kier alpha value is -1.97. The lowest BCUT2D eigenvalue weighted by Gasteiger charge is -2.29. The summed E-state index contributed by atoms with van der Waals surface area (Å²) in [5.74, 6) is -0.397. The van der Waals surface area contributed by atoms with Gasteiger partial charge in [0.2, 0.25) is 5.91 Å². The summed E-state index contributed by atoms with van der Waals surface area (Å²) in [5.41, 5.74) is 0.967. The number of nitrogens with zero attached hydrogens (tertiary/aromatic N) is 2. The zero-order chi connectivity index (χ0) is 15.2. The highest BCUT2D eigenvalue weighted by molar-refractivity contribution is 5.81. The van der Waals surface area contributed by atoms with Crippen LogP contribution in [0.2, 0.25) is 0 Å². The van der Waals surface area contributed by atoms with Crippen molar-refractivity contribution < 1.29 is 13.9 Å². The van der Waals surface area contributed by atoms with Crippen molar-refractivity contribution in [3.8, 4) is 6.07 Å². The Morgan fingerprint density at radius 3 is 2.90 bits per heavy atom. The molecule has 5 nitrogen and oxygen atoms in total. The second kappa shape index (κ2) is 7.16. The van der Waals surface area contributed by atoms with Crippen molar-refractivity contribution in [1.82, 2.24) is 10.2 Å². The van der Waals surface area contributed by atoms with Crippen molar-refractivity contribution >= 4 is 5.91 Å².